The molecule has 0 saturated carbocycles. The highest BCUT2D eigenvalue weighted by Crippen LogP contribution is 2.28. The molecule has 1 atom stereocenters. The SMILES string of the molecule is Cc1cc(F)cc(C(NN)c2cc(Br)ccc2C)c1. The minimum atomic E-state index is -0.247. The van der Waals surface area contributed by atoms with Crippen LogP contribution in [0.25, 0.3) is 0 Å². The van der Waals surface area contributed by atoms with Crippen molar-refractivity contribution in [2.24, 2.45) is 5.84 Å². The minimum Gasteiger partial charge on any atom is -0.271 e. The van der Waals surface area contributed by atoms with Gasteiger partial charge in [-0.1, -0.05) is 28.1 Å². The van der Waals surface area contributed by atoms with Gasteiger partial charge in [0.15, 0.2) is 0 Å². The predicted octanol–water partition coefficient (Wildman–Crippen LogP) is 3.76. The lowest BCUT2D eigenvalue weighted by atomic mass is 9.94. The summed E-state index contributed by atoms with van der Waals surface area (Å²) in [5.74, 6) is 5.42. The number of halogens is 2. The van der Waals surface area contributed by atoms with Crippen LogP contribution in [0, 0.1) is 19.7 Å². The Bertz CT molecular complexity index is 578. The molecule has 0 spiro atoms. The van der Waals surface area contributed by atoms with E-state index in [1.807, 2.05) is 38.1 Å². The molecule has 0 saturated heterocycles. The Morgan fingerprint density at radius 1 is 1.16 bits per heavy atom. The molecule has 0 fully saturated rings. The lowest BCUT2D eigenvalue weighted by Gasteiger charge is -2.20. The average Bonchev–Trinajstić information content (AvgIpc) is 2.33. The Balaban J connectivity index is 2.52. The van der Waals surface area contributed by atoms with Gasteiger partial charge in [-0.3, -0.25) is 5.84 Å². The standard InChI is InChI=1S/C15H16BrFN2/c1-9-5-11(7-13(17)6-9)15(19-18)14-8-12(16)4-3-10(14)2/h3-8,15,19H,18H2,1-2H3. The topological polar surface area (TPSA) is 38.0 Å². The summed E-state index contributed by atoms with van der Waals surface area (Å²) in [7, 11) is 0. The maximum absolute atomic E-state index is 13.5. The first kappa shape index (κ1) is 14.2. The predicted molar refractivity (Wildman–Crippen MR) is 79.2 cm³/mol. The normalized spacial score (nSPS) is 12.5. The van der Waals surface area contributed by atoms with Crippen molar-refractivity contribution in [3.8, 4) is 0 Å². The van der Waals surface area contributed by atoms with E-state index in [1.54, 1.807) is 0 Å². The van der Waals surface area contributed by atoms with Crippen LogP contribution in [0.2, 0.25) is 0 Å². The van der Waals surface area contributed by atoms with E-state index in [-0.39, 0.29) is 11.9 Å². The van der Waals surface area contributed by atoms with Crippen molar-refractivity contribution in [3.05, 3.63) is 68.9 Å². The largest absolute Gasteiger partial charge is 0.271 e. The van der Waals surface area contributed by atoms with Crippen molar-refractivity contribution in [3.63, 3.8) is 0 Å². The van der Waals surface area contributed by atoms with E-state index in [9.17, 15) is 4.39 Å². The molecule has 0 amide bonds. The summed E-state index contributed by atoms with van der Waals surface area (Å²) in [5.41, 5.74) is 6.60. The monoisotopic (exact) mass is 322 g/mol. The van der Waals surface area contributed by atoms with Gasteiger partial charge in [0.1, 0.15) is 5.82 Å². The van der Waals surface area contributed by atoms with Gasteiger partial charge in [0.25, 0.3) is 0 Å². The molecular weight excluding hydrogens is 307 g/mol. The fourth-order valence-corrected chi connectivity index (χ4v) is 2.60. The third kappa shape index (κ3) is 3.21. The fraction of sp³-hybridized carbons (Fsp3) is 0.200. The van der Waals surface area contributed by atoms with Crippen LogP contribution in [0.1, 0.15) is 28.3 Å². The van der Waals surface area contributed by atoms with Gasteiger partial charge >= 0.3 is 0 Å². The Labute approximate surface area is 120 Å². The zero-order valence-electron chi connectivity index (χ0n) is 10.9. The quantitative estimate of drug-likeness (QED) is 0.667. The van der Waals surface area contributed by atoms with Crippen LogP contribution in [-0.4, -0.2) is 0 Å². The van der Waals surface area contributed by atoms with E-state index in [0.717, 1.165) is 26.7 Å². The van der Waals surface area contributed by atoms with Crippen LogP contribution in [-0.2, 0) is 0 Å². The molecule has 19 heavy (non-hydrogen) atoms. The molecular formula is C15H16BrFN2. The summed E-state index contributed by atoms with van der Waals surface area (Å²) in [6.07, 6.45) is 0. The smallest absolute Gasteiger partial charge is 0.123 e. The molecule has 2 aromatic rings. The van der Waals surface area contributed by atoms with Crippen LogP contribution in [0.4, 0.5) is 4.39 Å². The fourth-order valence-electron chi connectivity index (χ4n) is 2.22. The van der Waals surface area contributed by atoms with Crippen molar-refractivity contribution < 1.29 is 4.39 Å². The van der Waals surface area contributed by atoms with Crippen LogP contribution >= 0.6 is 15.9 Å². The van der Waals surface area contributed by atoms with Gasteiger partial charge in [-0.2, -0.15) is 0 Å². The highest BCUT2D eigenvalue weighted by atomic mass is 79.9. The summed E-state index contributed by atoms with van der Waals surface area (Å²) in [6, 6.07) is 10.7. The number of nitrogens with one attached hydrogen (secondary N) is 1. The van der Waals surface area contributed by atoms with Crippen LogP contribution in [0.5, 0.6) is 0 Å². The van der Waals surface area contributed by atoms with E-state index >= 15 is 0 Å². The molecule has 0 heterocycles. The zero-order chi connectivity index (χ0) is 14.0. The van der Waals surface area contributed by atoms with Gasteiger partial charge in [-0.15, -0.1) is 0 Å². The minimum absolute atomic E-state index is 0.230. The summed E-state index contributed by atoms with van der Waals surface area (Å²) >= 11 is 3.45. The number of hydrogen-bond donors (Lipinski definition) is 2. The Hall–Kier alpha value is -1.23. The summed E-state index contributed by atoms with van der Waals surface area (Å²) in [6.45, 7) is 3.88. The number of hydrazine groups is 1. The average molecular weight is 323 g/mol. The molecule has 0 bridgehead atoms. The molecule has 0 aromatic heterocycles. The van der Waals surface area contributed by atoms with Gasteiger partial charge in [0.2, 0.25) is 0 Å². The Morgan fingerprint density at radius 3 is 2.53 bits per heavy atom. The highest BCUT2D eigenvalue weighted by Gasteiger charge is 2.16. The van der Waals surface area contributed by atoms with E-state index in [2.05, 4.69) is 21.4 Å². The van der Waals surface area contributed by atoms with Gasteiger partial charge in [0, 0.05) is 4.47 Å². The lowest BCUT2D eigenvalue weighted by Crippen LogP contribution is -2.29. The van der Waals surface area contributed by atoms with E-state index in [4.69, 9.17) is 5.84 Å². The maximum atomic E-state index is 13.5. The second kappa shape index (κ2) is 5.82. The first-order valence-corrected chi connectivity index (χ1v) is 6.80. The van der Waals surface area contributed by atoms with Gasteiger partial charge < -0.3 is 0 Å². The van der Waals surface area contributed by atoms with Crippen molar-refractivity contribution in [1.82, 2.24) is 5.43 Å². The van der Waals surface area contributed by atoms with Gasteiger partial charge in [-0.05, 0) is 60.4 Å². The molecule has 2 nitrogen and oxygen atoms in total. The summed E-state index contributed by atoms with van der Waals surface area (Å²) in [5, 5.41) is 0. The first-order chi connectivity index (χ1) is 9.01. The van der Waals surface area contributed by atoms with Crippen molar-refractivity contribution in [1.29, 1.82) is 0 Å². The molecule has 0 aliphatic carbocycles. The molecule has 4 heteroatoms. The second-order valence-corrected chi connectivity index (χ2v) is 5.58. The third-order valence-electron chi connectivity index (χ3n) is 3.12. The molecule has 2 rings (SSSR count). The highest BCUT2D eigenvalue weighted by molar-refractivity contribution is 9.10. The lowest BCUT2D eigenvalue weighted by molar-refractivity contribution is 0.602. The van der Waals surface area contributed by atoms with Crippen LogP contribution in [0.3, 0.4) is 0 Å². The van der Waals surface area contributed by atoms with E-state index < -0.39 is 0 Å². The number of hydrogen-bond acceptors (Lipinski definition) is 2. The van der Waals surface area contributed by atoms with E-state index in [0.29, 0.717) is 0 Å². The van der Waals surface area contributed by atoms with Gasteiger partial charge in [0.05, 0.1) is 6.04 Å². The molecule has 0 aliphatic rings. The Kier molecular flexibility index (Phi) is 4.34. The second-order valence-electron chi connectivity index (χ2n) is 4.66. The number of benzene rings is 2. The third-order valence-corrected chi connectivity index (χ3v) is 3.61. The Morgan fingerprint density at radius 2 is 1.89 bits per heavy atom. The van der Waals surface area contributed by atoms with Crippen molar-refractivity contribution in [2.75, 3.05) is 0 Å². The number of aryl methyl sites for hydroxylation is 2. The van der Waals surface area contributed by atoms with Gasteiger partial charge in [-0.25, -0.2) is 9.82 Å². The molecule has 3 N–H and O–H groups in total. The molecule has 0 aliphatic heterocycles. The summed E-state index contributed by atoms with van der Waals surface area (Å²) < 4.78 is 14.5. The molecule has 100 valence electrons. The zero-order valence-corrected chi connectivity index (χ0v) is 12.5. The number of nitrogens with two attached hydrogens (primary N) is 1. The van der Waals surface area contributed by atoms with Crippen molar-refractivity contribution in [2.45, 2.75) is 19.9 Å². The van der Waals surface area contributed by atoms with Crippen LogP contribution in [0.15, 0.2) is 40.9 Å². The molecule has 2 aromatic carbocycles. The first-order valence-electron chi connectivity index (χ1n) is 6.00. The van der Waals surface area contributed by atoms with E-state index in [1.165, 1.54) is 12.1 Å². The number of rotatable bonds is 3. The molecule has 1 unspecified atom stereocenters. The summed E-state index contributed by atoms with van der Waals surface area (Å²) in [4.78, 5) is 0. The maximum Gasteiger partial charge on any atom is 0.123 e. The van der Waals surface area contributed by atoms with Crippen LogP contribution < -0.4 is 11.3 Å². The molecule has 0 radical (unpaired) electrons. The van der Waals surface area contributed by atoms with Crippen molar-refractivity contribution >= 4 is 15.9 Å².